The van der Waals surface area contributed by atoms with Gasteiger partial charge in [-0.2, -0.15) is 0 Å². The monoisotopic (exact) mass is 567 g/mol. The van der Waals surface area contributed by atoms with Crippen LogP contribution in [0.3, 0.4) is 0 Å². The summed E-state index contributed by atoms with van der Waals surface area (Å²) in [4.78, 5) is 25.2. The number of aryl methyl sites for hydroxylation is 2. The fourth-order valence-corrected chi connectivity index (χ4v) is 4.42. The molecule has 36 heavy (non-hydrogen) atoms. The molecule has 0 bridgehead atoms. The number of aromatic nitrogens is 3. The zero-order valence-corrected chi connectivity index (χ0v) is 22.0. The lowest BCUT2D eigenvalue weighted by atomic mass is 10.1. The molecule has 0 spiro atoms. The molecule has 0 radical (unpaired) electrons. The molecule has 0 aliphatic carbocycles. The zero-order valence-electron chi connectivity index (χ0n) is 19.6. The van der Waals surface area contributed by atoms with Gasteiger partial charge in [0.2, 0.25) is 5.91 Å². The first-order valence-corrected chi connectivity index (χ1v) is 12.8. The highest BCUT2D eigenvalue weighted by atomic mass is 79.9. The molecule has 0 saturated heterocycles. The lowest BCUT2D eigenvalue weighted by molar-refractivity contribution is -0.113. The van der Waals surface area contributed by atoms with Crippen molar-refractivity contribution in [3.05, 3.63) is 99.5 Å². The summed E-state index contributed by atoms with van der Waals surface area (Å²) in [6.45, 7) is 4.09. The molecule has 4 rings (SSSR count). The summed E-state index contributed by atoms with van der Waals surface area (Å²) in [5, 5.41) is 14.4. The van der Waals surface area contributed by atoms with Gasteiger partial charge >= 0.3 is 0 Å². The summed E-state index contributed by atoms with van der Waals surface area (Å²) < 4.78 is 16.6. The average Bonchev–Trinajstić information content (AvgIpc) is 3.27. The first kappa shape index (κ1) is 25.6. The Kier molecular flexibility index (Phi) is 8.17. The third-order valence-electron chi connectivity index (χ3n) is 5.44. The Hall–Kier alpha value is -3.50. The lowest BCUT2D eigenvalue weighted by Gasteiger charge is -2.12. The fraction of sp³-hybridized carbons (Fsp3) is 0.154. The molecule has 1 heterocycles. The average molecular weight is 568 g/mol. The van der Waals surface area contributed by atoms with E-state index in [-0.39, 0.29) is 29.8 Å². The van der Waals surface area contributed by atoms with Gasteiger partial charge in [-0.25, -0.2) is 4.39 Å². The smallest absolute Gasteiger partial charge is 0.251 e. The van der Waals surface area contributed by atoms with Crippen LogP contribution < -0.4 is 10.6 Å². The van der Waals surface area contributed by atoms with E-state index in [4.69, 9.17) is 0 Å². The van der Waals surface area contributed by atoms with Crippen molar-refractivity contribution < 1.29 is 14.0 Å². The maximum atomic E-state index is 13.9. The van der Waals surface area contributed by atoms with Crippen LogP contribution in [0.1, 0.15) is 27.3 Å². The highest BCUT2D eigenvalue weighted by molar-refractivity contribution is 9.10. The molecule has 0 fully saturated rings. The van der Waals surface area contributed by atoms with Gasteiger partial charge in [0, 0.05) is 15.7 Å². The number of hydrogen-bond donors (Lipinski definition) is 2. The van der Waals surface area contributed by atoms with E-state index in [2.05, 4.69) is 36.8 Å². The first-order chi connectivity index (χ1) is 17.3. The van der Waals surface area contributed by atoms with Gasteiger partial charge in [-0.3, -0.25) is 14.2 Å². The van der Waals surface area contributed by atoms with Gasteiger partial charge in [0.15, 0.2) is 11.0 Å². The van der Waals surface area contributed by atoms with Gasteiger partial charge < -0.3 is 10.6 Å². The topological polar surface area (TPSA) is 88.9 Å². The van der Waals surface area contributed by atoms with E-state index < -0.39 is 5.82 Å². The summed E-state index contributed by atoms with van der Waals surface area (Å²) in [6.07, 6.45) is 0. The number of nitrogens with one attached hydrogen (secondary N) is 2. The number of para-hydroxylation sites is 1. The number of halogens is 2. The number of anilines is 1. The molecule has 2 N–H and O–H groups in total. The number of carbonyl (C=O) groups excluding carboxylic acids is 2. The lowest BCUT2D eigenvalue weighted by Crippen LogP contribution is -2.24. The van der Waals surface area contributed by atoms with E-state index in [1.165, 1.54) is 12.1 Å². The minimum absolute atomic E-state index is 0.00199. The molecule has 10 heteroatoms. The Morgan fingerprint density at radius 2 is 1.75 bits per heavy atom. The van der Waals surface area contributed by atoms with Crippen molar-refractivity contribution in [3.8, 4) is 5.69 Å². The second-order valence-electron chi connectivity index (χ2n) is 8.01. The number of benzene rings is 3. The van der Waals surface area contributed by atoms with Gasteiger partial charge in [-0.1, -0.05) is 45.9 Å². The third-order valence-corrected chi connectivity index (χ3v) is 6.90. The van der Waals surface area contributed by atoms with Crippen LogP contribution in [0.2, 0.25) is 0 Å². The van der Waals surface area contributed by atoms with Crippen LogP contribution in [0.25, 0.3) is 5.69 Å². The van der Waals surface area contributed by atoms with Gasteiger partial charge in [0.25, 0.3) is 5.91 Å². The predicted octanol–water partition coefficient (Wildman–Crippen LogP) is 5.45. The quantitative estimate of drug-likeness (QED) is 0.276. The molecule has 0 aliphatic rings. The van der Waals surface area contributed by atoms with Crippen LogP contribution in [0.5, 0.6) is 0 Å². The Labute approximate surface area is 220 Å². The number of hydrogen-bond acceptors (Lipinski definition) is 5. The highest BCUT2D eigenvalue weighted by Gasteiger charge is 2.18. The van der Waals surface area contributed by atoms with Crippen molar-refractivity contribution in [1.82, 2.24) is 20.1 Å². The predicted molar refractivity (Wildman–Crippen MR) is 142 cm³/mol. The second-order valence-corrected chi connectivity index (χ2v) is 9.87. The van der Waals surface area contributed by atoms with Gasteiger partial charge in [0.05, 0.1) is 18.0 Å². The third kappa shape index (κ3) is 6.19. The number of amides is 2. The SMILES string of the molecule is Cc1ccc(C(=O)NCc2nnc(SCC(=O)Nc3ccccc3F)n2-c2ccc(Br)cc2)cc1C. The maximum absolute atomic E-state index is 13.9. The van der Waals surface area contributed by atoms with E-state index in [0.29, 0.717) is 16.5 Å². The van der Waals surface area contributed by atoms with Crippen LogP contribution in [0.15, 0.2) is 76.4 Å². The number of carbonyl (C=O) groups is 2. The largest absolute Gasteiger partial charge is 0.345 e. The highest BCUT2D eigenvalue weighted by Crippen LogP contribution is 2.24. The minimum Gasteiger partial charge on any atom is -0.345 e. The molecule has 4 aromatic rings. The van der Waals surface area contributed by atoms with Crippen molar-refractivity contribution in [2.45, 2.75) is 25.5 Å². The molecule has 0 atom stereocenters. The standard InChI is InChI=1S/C26H23BrFN5O2S/c1-16-7-8-18(13-17(16)2)25(35)29-14-23-31-32-26(33(23)20-11-9-19(27)10-12-20)36-15-24(34)30-22-6-4-3-5-21(22)28/h3-13H,14-15H2,1-2H3,(H,29,35)(H,30,34). The summed E-state index contributed by atoms with van der Waals surface area (Å²) in [5.41, 5.74) is 3.60. The molecular formula is C26H23BrFN5O2S. The van der Waals surface area contributed by atoms with Crippen molar-refractivity contribution in [2.75, 3.05) is 11.1 Å². The molecule has 0 saturated carbocycles. The normalized spacial score (nSPS) is 10.8. The van der Waals surface area contributed by atoms with Crippen molar-refractivity contribution in [1.29, 1.82) is 0 Å². The molecule has 0 unspecified atom stereocenters. The van der Waals surface area contributed by atoms with E-state index in [0.717, 1.165) is 33.0 Å². The van der Waals surface area contributed by atoms with Crippen molar-refractivity contribution in [2.24, 2.45) is 0 Å². The van der Waals surface area contributed by atoms with Crippen LogP contribution in [-0.4, -0.2) is 32.3 Å². The van der Waals surface area contributed by atoms with Crippen LogP contribution in [0, 0.1) is 19.7 Å². The molecule has 1 aromatic heterocycles. The summed E-state index contributed by atoms with van der Waals surface area (Å²) in [7, 11) is 0. The van der Waals surface area contributed by atoms with Crippen LogP contribution >= 0.6 is 27.7 Å². The molecular weight excluding hydrogens is 545 g/mol. The Morgan fingerprint density at radius 1 is 1.00 bits per heavy atom. The summed E-state index contributed by atoms with van der Waals surface area (Å²) >= 11 is 4.60. The van der Waals surface area contributed by atoms with Gasteiger partial charge in [0.1, 0.15) is 5.82 Å². The second kappa shape index (κ2) is 11.5. The fourth-order valence-electron chi connectivity index (χ4n) is 3.38. The van der Waals surface area contributed by atoms with Gasteiger partial charge in [-0.05, 0) is 73.5 Å². The minimum atomic E-state index is -0.504. The molecule has 184 valence electrons. The van der Waals surface area contributed by atoms with E-state index in [9.17, 15) is 14.0 Å². The van der Waals surface area contributed by atoms with E-state index in [1.54, 1.807) is 22.8 Å². The summed E-state index contributed by atoms with van der Waals surface area (Å²) in [5.74, 6) is -0.595. The maximum Gasteiger partial charge on any atom is 0.251 e. The number of rotatable bonds is 8. The zero-order chi connectivity index (χ0) is 25.7. The molecule has 0 aliphatic heterocycles. The van der Waals surface area contributed by atoms with Crippen molar-refractivity contribution in [3.63, 3.8) is 0 Å². The molecule has 3 aromatic carbocycles. The van der Waals surface area contributed by atoms with Crippen LogP contribution in [-0.2, 0) is 11.3 Å². The molecule has 7 nitrogen and oxygen atoms in total. The van der Waals surface area contributed by atoms with E-state index in [1.807, 2.05) is 50.2 Å². The summed E-state index contributed by atoms with van der Waals surface area (Å²) in [6, 6.07) is 19.1. The van der Waals surface area contributed by atoms with E-state index >= 15 is 0 Å². The Morgan fingerprint density at radius 3 is 2.47 bits per heavy atom. The van der Waals surface area contributed by atoms with Crippen LogP contribution in [0.4, 0.5) is 10.1 Å². The Balaban J connectivity index is 1.51. The Bertz CT molecular complexity index is 1410. The first-order valence-electron chi connectivity index (χ1n) is 11.0. The number of thioether (sulfide) groups is 1. The molecule has 2 amide bonds. The van der Waals surface area contributed by atoms with Crippen molar-refractivity contribution >= 4 is 45.2 Å². The van der Waals surface area contributed by atoms with Gasteiger partial charge in [-0.15, -0.1) is 10.2 Å². The number of nitrogens with zero attached hydrogens (tertiary/aromatic N) is 3.